The predicted molar refractivity (Wildman–Crippen MR) is 77.8 cm³/mol. The van der Waals surface area contributed by atoms with E-state index in [2.05, 4.69) is 24.9 Å². The lowest BCUT2D eigenvalue weighted by Crippen LogP contribution is -2.07. The molecule has 3 rings (SSSR count). The number of hydrogen-bond donors (Lipinski definition) is 0. The van der Waals surface area contributed by atoms with Crippen LogP contribution in [0.4, 0.5) is 13.2 Å². The summed E-state index contributed by atoms with van der Waals surface area (Å²) in [5.41, 5.74) is 1.65. The largest absolute Gasteiger partial charge is 0.433 e. The molecule has 0 fully saturated rings. The van der Waals surface area contributed by atoms with Gasteiger partial charge in [0.1, 0.15) is 16.9 Å². The molecule has 5 nitrogen and oxygen atoms in total. The molecule has 0 aliphatic carbocycles. The van der Waals surface area contributed by atoms with E-state index in [1.165, 1.54) is 6.07 Å². The van der Waals surface area contributed by atoms with Crippen molar-refractivity contribution >= 4 is 22.8 Å². The van der Waals surface area contributed by atoms with Crippen LogP contribution in [0.1, 0.15) is 17.1 Å². The Morgan fingerprint density at radius 1 is 0.957 bits per heavy atom. The summed E-state index contributed by atoms with van der Waals surface area (Å²) < 4.78 is 37.8. The quantitative estimate of drug-likeness (QED) is 0.631. The third-order valence-electron chi connectivity index (χ3n) is 3.24. The van der Waals surface area contributed by atoms with E-state index in [-0.39, 0.29) is 16.6 Å². The summed E-state index contributed by atoms with van der Waals surface area (Å²) in [7, 11) is 0. The van der Waals surface area contributed by atoms with E-state index in [0.717, 1.165) is 12.3 Å². The molecule has 3 aromatic rings. The standard InChI is InChI=1S/C14H9ClF3N5/c1-6-7(2)21-12-11(20-6)10(22-13(15)23-12)8-3-4-9(19-5-8)14(16,17)18/h3-5H,1-2H3. The van der Waals surface area contributed by atoms with Crippen molar-refractivity contribution in [2.24, 2.45) is 0 Å². The van der Waals surface area contributed by atoms with Gasteiger partial charge in [0.2, 0.25) is 5.28 Å². The van der Waals surface area contributed by atoms with E-state index in [0.29, 0.717) is 22.5 Å². The Balaban J connectivity index is 2.21. The maximum absolute atomic E-state index is 12.6. The number of rotatable bonds is 1. The van der Waals surface area contributed by atoms with Gasteiger partial charge in [-0.2, -0.15) is 18.2 Å². The van der Waals surface area contributed by atoms with Crippen LogP contribution < -0.4 is 0 Å². The lowest BCUT2D eigenvalue weighted by molar-refractivity contribution is -0.141. The summed E-state index contributed by atoms with van der Waals surface area (Å²) in [6.07, 6.45) is -3.42. The number of nitrogens with zero attached hydrogens (tertiary/aromatic N) is 5. The minimum absolute atomic E-state index is 0.0649. The maximum Gasteiger partial charge on any atom is 0.433 e. The first-order valence-electron chi connectivity index (χ1n) is 6.48. The smallest absolute Gasteiger partial charge is 0.251 e. The molecule has 0 spiro atoms. The van der Waals surface area contributed by atoms with Crippen molar-refractivity contribution in [1.82, 2.24) is 24.9 Å². The third kappa shape index (κ3) is 2.94. The number of hydrogen-bond acceptors (Lipinski definition) is 5. The molecule has 23 heavy (non-hydrogen) atoms. The molecule has 0 saturated carbocycles. The van der Waals surface area contributed by atoms with Gasteiger partial charge in [0.05, 0.1) is 11.4 Å². The maximum atomic E-state index is 12.6. The predicted octanol–water partition coefficient (Wildman–Crippen LogP) is 3.77. The Morgan fingerprint density at radius 2 is 1.65 bits per heavy atom. The van der Waals surface area contributed by atoms with E-state index in [4.69, 9.17) is 11.6 Å². The van der Waals surface area contributed by atoms with Crippen LogP contribution in [0.25, 0.3) is 22.4 Å². The Kier molecular flexibility index (Phi) is 3.63. The van der Waals surface area contributed by atoms with Crippen LogP contribution in [0.15, 0.2) is 18.3 Å². The van der Waals surface area contributed by atoms with Gasteiger partial charge in [0.15, 0.2) is 5.65 Å². The lowest BCUT2D eigenvalue weighted by Gasteiger charge is -2.09. The minimum Gasteiger partial charge on any atom is -0.251 e. The molecule has 3 heterocycles. The summed E-state index contributed by atoms with van der Waals surface area (Å²) in [6, 6.07) is 2.15. The zero-order chi connectivity index (χ0) is 16.8. The van der Waals surface area contributed by atoms with Crippen molar-refractivity contribution in [3.05, 3.63) is 40.7 Å². The normalized spacial score (nSPS) is 11.9. The summed E-state index contributed by atoms with van der Waals surface area (Å²) >= 11 is 5.88. The first kappa shape index (κ1) is 15.5. The molecule has 3 aromatic heterocycles. The van der Waals surface area contributed by atoms with Crippen molar-refractivity contribution in [1.29, 1.82) is 0 Å². The second-order valence-corrected chi connectivity index (χ2v) is 5.18. The number of pyridine rings is 1. The molecule has 118 valence electrons. The summed E-state index contributed by atoms with van der Waals surface area (Å²) in [4.78, 5) is 20.1. The average molecular weight is 340 g/mol. The van der Waals surface area contributed by atoms with Crippen molar-refractivity contribution in [2.45, 2.75) is 20.0 Å². The zero-order valence-electron chi connectivity index (χ0n) is 12.0. The monoisotopic (exact) mass is 339 g/mol. The lowest BCUT2D eigenvalue weighted by atomic mass is 10.1. The highest BCUT2D eigenvalue weighted by Gasteiger charge is 2.32. The Labute approximate surface area is 133 Å². The van der Waals surface area contributed by atoms with Gasteiger partial charge in [-0.1, -0.05) is 0 Å². The van der Waals surface area contributed by atoms with E-state index in [1.807, 2.05) is 0 Å². The van der Waals surface area contributed by atoms with E-state index >= 15 is 0 Å². The first-order valence-corrected chi connectivity index (χ1v) is 6.85. The van der Waals surface area contributed by atoms with Crippen LogP contribution in [0.2, 0.25) is 5.28 Å². The fraction of sp³-hybridized carbons (Fsp3) is 0.214. The number of fused-ring (bicyclic) bond motifs is 1. The van der Waals surface area contributed by atoms with Gasteiger partial charge in [0.25, 0.3) is 0 Å². The highest BCUT2D eigenvalue weighted by atomic mass is 35.5. The Bertz CT molecular complexity index is 894. The van der Waals surface area contributed by atoms with E-state index in [1.54, 1.807) is 13.8 Å². The van der Waals surface area contributed by atoms with Crippen molar-refractivity contribution in [2.75, 3.05) is 0 Å². The van der Waals surface area contributed by atoms with Crippen LogP contribution in [0.5, 0.6) is 0 Å². The van der Waals surface area contributed by atoms with Gasteiger partial charge >= 0.3 is 6.18 Å². The number of aryl methyl sites for hydroxylation is 2. The van der Waals surface area contributed by atoms with Gasteiger partial charge in [-0.3, -0.25) is 4.98 Å². The molecule has 0 radical (unpaired) electrons. The summed E-state index contributed by atoms with van der Waals surface area (Å²) in [6.45, 7) is 3.54. The highest BCUT2D eigenvalue weighted by molar-refractivity contribution is 6.28. The fourth-order valence-electron chi connectivity index (χ4n) is 1.99. The Morgan fingerprint density at radius 3 is 2.26 bits per heavy atom. The molecule has 0 unspecified atom stereocenters. The average Bonchev–Trinajstić information content (AvgIpc) is 2.47. The van der Waals surface area contributed by atoms with Crippen molar-refractivity contribution in [3.8, 4) is 11.3 Å². The molecule has 9 heteroatoms. The van der Waals surface area contributed by atoms with Gasteiger partial charge in [-0.05, 0) is 37.6 Å². The molecule has 0 aliphatic rings. The molecule has 0 saturated heterocycles. The number of aromatic nitrogens is 5. The second-order valence-electron chi connectivity index (χ2n) is 4.84. The van der Waals surface area contributed by atoms with E-state index < -0.39 is 11.9 Å². The third-order valence-corrected chi connectivity index (χ3v) is 3.41. The van der Waals surface area contributed by atoms with Gasteiger partial charge in [0, 0.05) is 11.8 Å². The van der Waals surface area contributed by atoms with Crippen molar-refractivity contribution in [3.63, 3.8) is 0 Å². The first-order chi connectivity index (χ1) is 10.8. The van der Waals surface area contributed by atoms with Crippen LogP contribution in [0.3, 0.4) is 0 Å². The number of halogens is 4. The molecule has 0 aromatic carbocycles. The second kappa shape index (κ2) is 5.38. The topological polar surface area (TPSA) is 64.5 Å². The zero-order valence-corrected chi connectivity index (χ0v) is 12.7. The van der Waals surface area contributed by atoms with E-state index in [9.17, 15) is 13.2 Å². The van der Waals surface area contributed by atoms with Gasteiger partial charge in [-0.15, -0.1) is 0 Å². The molecule has 0 N–H and O–H groups in total. The van der Waals surface area contributed by atoms with Crippen LogP contribution in [0, 0.1) is 13.8 Å². The SMILES string of the molecule is Cc1nc2nc(Cl)nc(-c3ccc(C(F)(F)F)nc3)c2nc1C. The van der Waals surface area contributed by atoms with Crippen molar-refractivity contribution < 1.29 is 13.2 Å². The molecule has 0 bridgehead atoms. The fourth-order valence-corrected chi connectivity index (χ4v) is 2.15. The molecule has 0 amide bonds. The van der Waals surface area contributed by atoms with Crippen LogP contribution in [-0.2, 0) is 6.18 Å². The highest BCUT2D eigenvalue weighted by Crippen LogP contribution is 2.30. The van der Waals surface area contributed by atoms with Crippen LogP contribution in [-0.4, -0.2) is 24.9 Å². The molecular formula is C14H9ClF3N5. The van der Waals surface area contributed by atoms with Gasteiger partial charge < -0.3 is 0 Å². The minimum atomic E-state index is -4.50. The molecule has 0 aliphatic heterocycles. The summed E-state index contributed by atoms with van der Waals surface area (Å²) in [5.74, 6) is 0. The van der Waals surface area contributed by atoms with Gasteiger partial charge in [-0.25, -0.2) is 15.0 Å². The molecule has 0 atom stereocenters. The summed E-state index contributed by atoms with van der Waals surface area (Å²) in [5, 5.41) is -0.0649. The van der Waals surface area contributed by atoms with Crippen LogP contribution >= 0.6 is 11.6 Å². The molecular weight excluding hydrogens is 331 g/mol. The number of alkyl halides is 3. The Hall–Kier alpha value is -2.35.